The second-order valence-corrected chi connectivity index (χ2v) is 5.51. The normalized spacial score (nSPS) is 15.7. The predicted octanol–water partition coefficient (Wildman–Crippen LogP) is 3.41. The first-order chi connectivity index (χ1) is 7.69. The zero-order chi connectivity index (χ0) is 11.5. The Labute approximate surface area is 106 Å². The average molecular weight is 283 g/mol. The summed E-state index contributed by atoms with van der Waals surface area (Å²) in [6.45, 7) is 4.46. The number of nitrogens with zero attached hydrogens (tertiary/aromatic N) is 1. The van der Waals surface area contributed by atoms with Gasteiger partial charge in [-0.15, -0.1) is 0 Å². The van der Waals surface area contributed by atoms with E-state index in [0.717, 1.165) is 22.7 Å². The van der Waals surface area contributed by atoms with Crippen LogP contribution in [0, 0.1) is 0 Å². The largest absolute Gasteiger partial charge is 0.399 e. The lowest BCUT2D eigenvalue weighted by Gasteiger charge is -2.21. The minimum absolute atomic E-state index is 0.820. The highest BCUT2D eigenvalue weighted by Gasteiger charge is 2.28. The van der Waals surface area contributed by atoms with Crippen LogP contribution in [0.25, 0.3) is 0 Å². The number of benzene rings is 1. The third-order valence-corrected chi connectivity index (χ3v) is 3.40. The van der Waals surface area contributed by atoms with E-state index in [1.54, 1.807) is 0 Å². The Hall–Kier alpha value is -0.540. The summed E-state index contributed by atoms with van der Waals surface area (Å²) in [6, 6.07) is 7.02. The van der Waals surface area contributed by atoms with Crippen molar-refractivity contribution >= 4 is 21.6 Å². The SMILES string of the molecule is CCCN(Cc1cc(N)cc(Br)c1)C1CC1. The van der Waals surface area contributed by atoms with Gasteiger partial charge in [-0.1, -0.05) is 22.9 Å². The molecule has 3 heteroatoms. The standard InChI is InChI=1S/C13H19BrN2/c1-2-5-16(13-3-4-13)9-10-6-11(14)8-12(15)7-10/h6-8,13H,2-5,9,15H2,1H3. The van der Waals surface area contributed by atoms with Gasteiger partial charge in [0.15, 0.2) is 0 Å². The van der Waals surface area contributed by atoms with Crippen LogP contribution in [0.1, 0.15) is 31.7 Å². The van der Waals surface area contributed by atoms with E-state index in [4.69, 9.17) is 5.73 Å². The monoisotopic (exact) mass is 282 g/mol. The zero-order valence-corrected chi connectivity index (χ0v) is 11.3. The van der Waals surface area contributed by atoms with Crippen molar-refractivity contribution < 1.29 is 0 Å². The summed E-state index contributed by atoms with van der Waals surface area (Å²) < 4.78 is 1.08. The molecule has 1 aliphatic carbocycles. The Bertz CT molecular complexity index is 341. The topological polar surface area (TPSA) is 29.3 Å². The first kappa shape index (κ1) is 11.9. The molecular formula is C13H19BrN2. The van der Waals surface area contributed by atoms with Crippen molar-refractivity contribution in [2.24, 2.45) is 0 Å². The number of rotatable bonds is 5. The third kappa shape index (κ3) is 3.22. The highest BCUT2D eigenvalue weighted by molar-refractivity contribution is 9.10. The highest BCUT2D eigenvalue weighted by Crippen LogP contribution is 2.29. The molecule has 0 spiro atoms. The maximum Gasteiger partial charge on any atom is 0.0328 e. The van der Waals surface area contributed by atoms with Gasteiger partial charge in [-0.05, 0) is 49.6 Å². The molecule has 1 saturated carbocycles. The van der Waals surface area contributed by atoms with Crippen molar-refractivity contribution in [1.29, 1.82) is 0 Å². The van der Waals surface area contributed by atoms with E-state index in [-0.39, 0.29) is 0 Å². The molecule has 1 aromatic carbocycles. The van der Waals surface area contributed by atoms with Gasteiger partial charge in [0.1, 0.15) is 0 Å². The molecule has 0 atom stereocenters. The Morgan fingerprint density at radius 3 is 2.69 bits per heavy atom. The Balaban J connectivity index is 2.05. The Morgan fingerprint density at radius 2 is 2.12 bits per heavy atom. The molecule has 1 fully saturated rings. The van der Waals surface area contributed by atoms with E-state index < -0.39 is 0 Å². The summed E-state index contributed by atoms with van der Waals surface area (Å²) in [5.41, 5.74) is 8.01. The van der Waals surface area contributed by atoms with Crippen LogP contribution in [0.2, 0.25) is 0 Å². The summed E-state index contributed by atoms with van der Waals surface area (Å²) in [5, 5.41) is 0. The minimum atomic E-state index is 0.820. The second-order valence-electron chi connectivity index (χ2n) is 4.59. The van der Waals surface area contributed by atoms with Gasteiger partial charge in [0.25, 0.3) is 0 Å². The number of anilines is 1. The molecule has 88 valence electrons. The van der Waals surface area contributed by atoms with Crippen molar-refractivity contribution in [1.82, 2.24) is 4.90 Å². The molecular weight excluding hydrogens is 264 g/mol. The van der Waals surface area contributed by atoms with Crippen molar-refractivity contribution in [3.63, 3.8) is 0 Å². The van der Waals surface area contributed by atoms with Gasteiger partial charge in [0.2, 0.25) is 0 Å². The minimum Gasteiger partial charge on any atom is -0.399 e. The van der Waals surface area contributed by atoms with Crippen LogP contribution in [-0.4, -0.2) is 17.5 Å². The molecule has 1 aromatic rings. The van der Waals surface area contributed by atoms with Gasteiger partial charge < -0.3 is 5.73 Å². The molecule has 1 aliphatic rings. The molecule has 0 aliphatic heterocycles. The van der Waals surface area contributed by atoms with Crippen LogP contribution in [0.4, 0.5) is 5.69 Å². The fraction of sp³-hybridized carbons (Fsp3) is 0.538. The summed E-state index contributed by atoms with van der Waals surface area (Å²) in [4.78, 5) is 2.57. The van der Waals surface area contributed by atoms with Gasteiger partial charge in [-0.3, -0.25) is 4.90 Å². The fourth-order valence-electron chi connectivity index (χ4n) is 2.12. The first-order valence-corrected chi connectivity index (χ1v) is 6.77. The maximum atomic E-state index is 5.85. The maximum absolute atomic E-state index is 5.85. The molecule has 0 amide bonds. The van der Waals surface area contributed by atoms with Crippen LogP contribution in [-0.2, 0) is 6.54 Å². The van der Waals surface area contributed by atoms with E-state index in [1.807, 2.05) is 6.07 Å². The van der Waals surface area contributed by atoms with Crippen LogP contribution in [0.5, 0.6) is 0 Å². The molecule has 0 unspecified atom stereocenters. The number of halogens is 1. The predicted molar refractivity (Wildman–Crippen MR) is 72.3 cm³/mol. The lowest BCUT2D eigenvalue weighted by atomic mass is 10.2. The zero-order valence-electron chi connectivity index (χ0n) is 9.75. The van der Waals surface area contributed by atoms with E-state index in [0.29, 0.717) is 0 Å². The molecule has 2 N–H and O–H groups in total. The van der Waals surface area contributed by atoms with Crippen molar-refractivity contribution in [3.8, 4) is 0 Å². The van der Waals surface area contributed by atoms with E-state index >= 15 is 0 Å². The summed E-state index contributed by atoms with van der Waals surface area (Å²) in [5.74, 6) is 0. The number of hydrogen-bond acceptors (Lipinski definition) is 2. The lowest BCUT2D eigenvalue weighted by molar-refractivity contribution is 0.255. The van der Waals surface area contributed by atoms with Crippen LogP contribution in [0.3, 0.4) is 0 Å². The summed E-state index contributed by atoms with van der Waals surface area (Å²) in [7, 11) is 0. The van der Waals surface area contributed by atoms with Gasteiger partial charge in [-0.2, -0.15) is 0 Å². The second kappa shape index (κ2) is 5.19. The van der Waals surface area contributed by atoms with E-state index in [1.165, 1.54) is 31.4 Å². The molecule has 0 saturated heterocycles. The Morgan fingerprint density at radius 1 is 1.38 bits per heavy atom. The number of nitrogen functional groups attached to an aromatic ring is 1. The molecule has 2 nitrogen and oxygen atoms in total. The fourth-order valence-corrected chi connectivity index (χ4v) is 2.68. The first-order valence-electron chi connectivity index (χ1n) is 5.98. The average Bonchev–Trinajstić information content (AvgIpc) is 2.98. The van der Waals surface area contributed by atoms with Crippen molar-refractivity contribution in [2.75, 3.05) is 12.3 Å². The van der Waals surface area contributed by atoms with Crippen molar-refractivity contribution in [3.05, 3.63) is 28.2 Å². The van der Waals surface area contributed by atoms with E-state index in [2.05, 4.69) is 39.9 Å². The molecule has 2 rings (SSSR count). The number of nitrogens with two attached hydrogens (primary N) is 1. The van der Waals surface area contributed by atoms with Gasteiger partial charge >= 0.3 is 0 Å². The van der Waals surface area contributed by atoms with Gasteiger partial charge in [0.05, 0.1) is 0 Å². The molecule has 0 radical (unpaired) electrons. The quantitative estimate of drug-likeness (QED) is 0.839. The van der Waals surface area contributed by atoms with E-state index in [9.17, 15) is 0 Å². The molecule has 0 bridgehead atoms. The molecule has 16 heavy (non-hydrogen) atoms. The smallest absolute Gasteiger partial charge is 0.0328 e. The third-order valence-electron chi connectivity index (χ3n) is 2.94. The molecule has 0 heterocycles. The van der Waals surface area contributed by atoms with Crippen molar-refractivity contribution in [2.45, 2.75) is 38.8 Å². The van der Waals surface area contributed by atoms with Crippen LogP contribution >= 0.6 is 15.9 Å². The summed E-state index contributed by atoms with van der Waals surface area (Å²) >= 11 is 3.50. The van der Waals surface area contributed by atoms with Crippen LogP contribution in [0.15, 0.2) is 22.7 Å². The van der Waals surface area contributed by atoms with Crippen LogP contribution < -0.4 is 5.73 Å². The number of hydrogen-bond donors (Lipinski definition) is 1. The van der Waals surface area contributed by atoms with Gasteiger partial charge in [-0.25, -0.2) is 0 Å². The summed E-state index contributed by atoms with van der Waals surface area (Å²) in [6.07, 6.45) is 3.95. The lowest BCUT2D eigenvalue weighted by Crippen LogP contribution is -2.26. The van der Waals surface area contributed by atoms with Gasteiger partial charge in [0, 0.05) is 22.7 Å². The highest BCUT2D eigenvalue weighted by atomic mass is 79.9. The Kier molecular flexibility index (Phi) is 3.87. The molecule has 0 aromatic heterocycles.